The predicted octanol–water partition coefficient (Wildman–Crippen LogP) is 3.39. The van der Waals surface area contributed by atoms with Crippen LogP contribution in [-0.2, 0) is 14.3 Å². The molecule has 0 bridgehead atoms. The van der Waals surface area contributed by atoms with Crippen molar-refractivity contribution in [2.24, 2.45) is 0 Å². The fraction of sp³-hybridized carbons (Fsp3) is 0.200. The van der Waals surface area contributed by atoms with Gasteiger partial charge in [0.25, 0.3) is 10.1 Å². The van der Waals surface area contributed by atoms with E-state index in [4.69, 9.17) is 4.18 Å². The summed E-state index contributed by atoms with van der Waals surface area (Å²) in [4.78, 5) is 0.193. The van der Waals surface area contributed by atoms with Crippen LogP contribution in [-0.4, -0.2) is 15.0 Å². The smallest absolute Gasteiger partial charge is 0.267 e. The van der Waals surface area contributed by atoms with Gasteiger partial charge in [-0.2, -0.15) is 8.42 Å². The van der Waals surface area contributed by atoms with E-state index in [1.807, 2.05) is 37.3 Å². The normalized spacial score (nSPS) is 11.5. The zero-order chi connectivity index (χ0) is 13.9. The topological polar surface area (TPSA) is 43.4 Å². The first kappa shape index (κ1) is 13.8. The Labute approximate surface area is 114 Å². The van der Waals surface area contributed by atoms with Gasteiger partial charge in [0.2, 0.25) is 0 Å². The van der Waals surface area contributed by atoms with E-state index in [1.54, 1.807) is 25.1 Å². The van der Waals surface area contributed by atoms with Crippen LogP contribution in [0.3, 0.4) is 0 Å². The average Bonchev–Trinajstić information content (AvgIpc) is 2.40. The number of hydrogen-bond acceptors (Lipinski definition) is 3. The van der Waals surface area contributed by atoms with Gasteiger partial charge < -0.3 is 0 Å². The molecule has 0 radical (unpaired) electrons. The zero-order valence-electron chi connectivity index (χ0n) is 11.0. The van der Waals surface area contributed by atoms with Crippen LogP contribution in [0.15, 0.2) is 53.4 Å². The van der Waals surface area contributed by atoms with E-state index in [0.29, 0.717) is 0 Å². The molecule has 3 nitrogen and oxygen atoms in total. The number of hydrogen-bond donors (Lipinski definition) is 0. The standard InChI is InChI=1S/C15H16O3S/c1-3-18-19(16,17)14-10-9-12(2)15(11-14)13-7-5-4-6-8-13/h4-11H,3H2,1-2H3. The highest BCUT2D eigenvalue weighted by atomic mass is 32.2. The van der Waals surface area contributed by atoms with E-state index >= 15 is 0 Å². The first-order valence-electron chi connectivity index (χ1n) is 6.10. The fourth-order valence-corrected chi connectivity index (χ4v) is 2.85. The van der Waals surface area contributed by atoms with E-state index in [2.05, 4.69) is 0 Å². The van der Waals surface area contributed by atoms with Crippen LogP contribution in [0.5, 0.6) is 0 Å². The molecule has 0 aliphatic rings. The summed E-state index contributed by atoms with van der Waals surface area (Å²) in [5.74, 6) is 0. The molecule has 0 aromatic heterocycles. The van der Waals surface area contributed by atoms with Crippen LogP contribution < -0.4 is 0 Å². The van der Waals surface area contributed by atoms with Gasteiger partial charge in [0.15, 0.2) is 0 Å². The Kier molecular flexibility index (Phi) is 4.02. The molecule has 2 aromatic carbocycles. The van der Waals surface area contributed by atoms with Gasteiger partial charge in [-0.3, -0.25) is 4.18 Å². The predicted molar refractivity (Wildman–Crippen MR) is 75.4 cm³/mol. The van der Waals surface area contributed by atoms with Gasteiger partial charge in [0.1, 0.15) is 0 Å². The maximum atomic E-state index is 11.9. The van der Waals surface area contributed by atoms with Crippen molar-refractivity contribution in [1.82, 2.24) is 0 Å². The van der Waals surface area contributed by atoms with Gasteiger partial charge in [-0.05, 0) is 42.7 Å². The molecular weight excluding hydrogens is 260 g/mol. The molecule has 0 fully saturated rings. The van der Waals surface area contributed by atoms with Crippen LogP contribution >= 0.6 is 0 Å². The summed E-state index contributed by atoms with van der Waals surface area (Å²) >= 11 is 0. The van der Waals surface area contributed by atoms with Crippen LogP contribution in [0, 0.1) is 6.92 Å². The van der Waals surface area contributed by atoms with Crippen LogP contribution in [0.1, 0.15) is 12.5 Å². The maximum Gasteiger partial charge on any atom is 0.296 e. The third-order valence-corrected chi connectivity index (χ3v) is 4.23. The molecule has 0 N–H and O–H groups in total. The van der Waals surface area contributed by atoms with Crippen LogP contribution in [0.2, 0.25) is 0 Å². The Hall–Kier alpha value is -1.65. The molecule has 0 amide bonds. The lowest BCUT2D eigenvalue weighted by molar-refractivity contribution is 0.338. The first-order valence-corrected chi connectivity index (χ1v) is 7.51. The lowest BCUT2D eigenvalue weighted by Gasteiger charge is -2.09. The Morgan fingerprint density at radius 1 is 1.05 bits per heavy atom. The van der Waals surface area contributed by atoms with Crippen molar-refractivity contribution in [1.29, 1.82) is 0 Å². The van der Waals surface area contributed by atoms with Gasteiger partial charge in [0, 0.05) is 0 Å². The Balaban J connectivity index is 2.53. The molecular formula is C15H16O3S. The summed E-state index contributed by atoms with van der Waals surface area (Å²) in [6, 6.07) is 14.7. The van der Waals surface area contributed by atoms with Crippen LogP contribution in [0.25, 0.3) is 11.1 Å². The summed E-state index contributed by atoms with van der Waals surface area (Å²) in [5.41, 5.74) is 2.93. The molecule has 0 aliphatic heterocycles. The van der Waals surface area contributed by atoms with E-state index in [-0.39, 0.29) is 11.5 Å². The van der Waals surface area contributed by atoms with Crippen molar-refractivity contribution in [2.75, 3.05) is 6.61 Å². The second-order valence-corrected chi connectivity index (χ2v) is 5.82. The molecule has 0 heterocycles. The number of aryl methyl sites for hydroxylation is 1. The van der Waals surface area contributed by atoms with Crippen molar-refractivity contribution in [3.63, 3.8) is 0 Å². The highest BCUT2D eigenvalue weighted by Gasteiger charge is 2.15. The lowest BCUT2D eigenvalue weighted by Crippen LogP contribution is -2.06. The quantitative estimate of drug-likeness (QED) is 0.804. The average molecular weight is 276 g/mol. The molecule has 100 valence electrons. The second-order valence-electron chi connectivity index (χ2n) is 4.20. The largest absolute Gasteiger partial charge is 0.296 e. The summed E-state index contributed by atoms with van der Waals surface area (Å²) < 4.78 is 28.6. The molecule has 19 heavy (non-hydrogen) atoms. The highest BCUT2D eigenvalue weighted by molar-refractivity contribution is 7.86. The van der Waals surface area contributed by atoms with E-state index < -0.39 is 10.1 Å². The third kappa shape index (κ3) is 3.03. The summed E-state index contributed by atoms with van der Waals surface area (Å²) in [7, 11) is -3.66. The van der Waals surface area contributed by atoms with Crippen molar-refractivity contribution in [2.45, 2.75) is 18.7 Å². The SMILES string of the molecule is CCOS(=O)(=O)c1ccc(C)c(-c2ccccc2)c1. The molecule has 0 spiro atoms. The molecule has 4 heteroatoms. The highest BCUT2D eigenvalue weighted by Crippen LogP contribution is 2.26. The molecule has 0 unspecified atom stereocenters. The van der Waals surface area contributed by atoms with Crippen LogP contribution in [0.4, 0.5) is 0 Å². The monoisotopic (exact) mass is 276 g/mol. The minimum atomic E-state index is -3.66. The van der Waals surface area contributed by atoms with Gasteiger partial charge in [-0.1, -0.05) is 36.4 Å². The van der Waals surface area contributed by atoms with E-state index in [1.165, 1.54) is 0 Å². The lowest BCUT2D eigenvalue weighted by atomic mass is 10.0. The number of rotatable bonds is 4. The van der Waals surface area contributed by atoms with Gasteiger partial charge in [-0.15, -0.1) is 0 Å². The first-order chi connectivity index (χ1) is 9.04. The van der Waals surface area contributed by atoms with Crippen molar-refractivity contribution >= 4 is 10.1 Å². The van der Waals surface area contributed by atoms with Gasteiger partial charge in [0.05, 0.1) is 11.5 Å². The second kappa shape index (κ2) is 5.55. The zero-order valence-corrected chi connectivity index (χ0v) is 11.8. The maximum absolute atomic E-state index is 11.9. The molecule has 2 aromatic rings. The van der Waals surface area contributed by atoms with Crippen molar-refractivity contribution < 1.29 is 12.6 Å². The third-order valence-electron chi connectivity index (χ3n) is 2.86. The summed E-state index contributed by atoms with van der Waals surface area (Å²) in [6.07, 6.45) is 0. The Bertz CT molecular complexity index is 661. The molecule has 0 aliphatic carbocycles. The van der Waals surface area contributed by atoms with Crippen molar-refractivity contribution in [3.8, 4) is 11.1 Å². The molecule has 0 saturated heterocycles. The van der Waals surface area contributed by atoms with Crippen molar-refractivity contribution in [3.05, 3.63) is 54.1 Å². The number of benzene rings is 2. The van der Waals surface area contributed by atoms with Gasteiger partial charge in [-0.25, -0.2) is 0 Å². The minimum Gasteiger partial charge on any atom is -0.267 e. The molecule has 2 rings (SSSR count). The van der Waals surface area contributed by atoms with E-state index in [9.17, 15) is 8.42 Å². The Morgan fingerprint density at radius 2 is 1.74 bits per heavy atom. The molecule has 0 saturated carbocycles. The summed E-state index contributed by atoms with van der Waals surface area (Å²) in [6.45, 7) is 3.75. The van der Waals surface area contributed by atoms with E-state index in [0.717, 1.165) is 16.7 Å². The molecule has 0 atom stereocenters. The summed E-state index contributed by atoms with van der Waals surface area (Å²) in [5, 5.41) is 0. The fourth-order valence-electron chi connectivity index (χ4n) is 1.91. The van der Waals surface area contributed by atoms with Gasteiger partial charge >= 0.3 is 0 Å². The Morgan fingerprint density at radius 3 is 2.37 bits per heavy atom. The minimum absolute atomic E-state index is 0.136.